The van der Waals surface area contributed by atoms with Crippen molar-refractivity contribution in [2.75, 3.05) is 0 Å². The first-order valence-electron chi connectivity index (χ1n) is 11.9. The molecule has 2 aromatic heterocycles. The lowest BCUT2D eigenvalue weighted by atomic mass is 9.98. The van der Waals surface area contributed by atoms with Crippen molar-refractivity contribution in [3.8, 4) is 33.5 Å². The second-order valence-electron chi connectivity index (χ2n) is 9.02. The van der Waals surface area contributed by atoms with Crippen LogP contribution in [0.4, 0.5) is 4.39 Å². The Morgan fingerprint density at radius 3 is 1.89 bits per heavy atom. The quantitative estimate of drug-likeness (QED) is 0.260. The van der Waals surface area contributed by atoms with E-state index in [4.69, 9.17) is 9.40 Å². The van der Waals surface area contributed by atoms with Gasteiger partial charge < -0.3 is 4.42 Å². The number of halogens is 1. The lowest BCUT2D eigenvalue weighted by Gasteiger charge is -2.08. The predicted octanol–water partition coefficient (Wildman–Crippen LogP) is 9.27. The average Bonchev–Trinajstić information content (AvgIpc) is 3.31. The summed E-state index contributed by atoms with van der Waals surface area (Å²) in [7, 11) is 0. The molecular formula is C33H20FNO. The number of aromatic nitrogens is 1. The highest BCUT2D eigenvalue weighted by Crippen LogP contribution is 2.33. The molecular weight excluding hydrogens is 445 g/mol. The Balaban J connectivity index is 1.20. The van der Waals surface area contributed by atoms with Crippen molar-refractivity contribution >= 4 is 32.7 Å². The van der Waals surface area contributed by atoms with Crippen LogP contribution in [0, 0.1) is 5.82 Å². The molecule has 7 aromatic rings. The van der Waals surface area contributed by atoms with Gasteiger partial charge in [-0.1, -0.05) is 60.7 Å². The molecule has 3 heteroatoms. The van der Waals surface area contributed by atoms with Crippen molar-refractivity contribution in [2.45, 2.75) is 0 Å². The number of rotatable bonds is 3. The van der Waals surface area contributed by atoms with Crippen LogP contribution in [0.25, 0.3) is 66.2 Å². The first-order chi connectivity index (χ1) is 17.7. The average molecular weight is 466 g/mol. The summed E-state index contributed by atoms with van der Waals surface area (Å²) in [5.41, 5.74) is 8.03. The third kappa shape index (κ3) is 3.53. The van der Waals surface area contributed by atoms with Gasteiger partial charge in [0.2, 0.25) is 0 Å². The van der Waals surface area contributed by atoms with E-state index in [2.05, 4.69) is 66.7 Å². The minimum atomic E-state index is -0.223. The molecule has 2 nitrogen and oxygen atoms in total. The van der Waals surface area contributed by atoms with Gasteiger partial charge in [-0.2, -0.15) is 0 Å². The highest BCUT2D eigenvalue weighted by Gasteiger charge is 2.09. The zero-order valence-corrected chi connectivity index (χ0v) is 19.3. The van der Waals surface area contributed by atoms with Crippen LogP contribution in [0.2, 0.25) is 0 Å². The summed E-state index contributed by atoms with van der Waals surface area (Å²) in [6.45, 7) is 0. The van der Waals surface area contributed by atoms with Crippen LogP contribution < -0.4 is 0 Å². The molecule has 170 valence electrons. The Bertz CT molecular complexity index is 1880. The van der Waals surface area contributed by atoms with Crippen molar-refractivity contribution in [1.29, 1.82) is 0 Å². The Labute approximate surface area is 207 Å². The number of fused-ring (bicyclic) bond motifs is 4. The van der Waals surface area contributed by atoms with Crippen LogP contribution in [0.15, 0.2) is 126 Å². The first kappa shape index (κ1) is 20.6. The topological polar surface area (TPSA) is 26.0 Å². The molecule has 2 heterocycles. The van der Waals surface area contributed by atoms with Crippen molar-refractivity contribution in [2.24, 2.45) is 0 Å². The van der Waals surface area contributed by atoms with E-state index < -0.39 is 0 Å². The fraction of sp³-hybridized carbons (Fsp3) is 0. The number of para-hydroxylation sites is 1. The number of furan rings is 1. The number of pyridine rings is 1. The van der Waals surface area contributed by atoms with E-state index in [0.717, 1.165) is 66.2 Å². The Kier molecular flexibility index (Phi) is 4.68. The van der Waals surface area contributed by atoms with Crippen LogP contribution in [-0.4, -0.2) is 4.98 Å². The van der Waals surface area contributed by atoms with Gasteiger partial charge in [-0.25, -0.2) is 4.39 Å². The number of hydrogen-bond acceptors (Lipinski definition) is 2. The molecule has 0 aliphatic carbocycles. The van der Waals surface area contributed by atoms with E-state index in [-0.39, 0.29) is 5.82 Å². The van der Waals surface area contributed by atoms with Crippen LogP contribution in [0.5, 0.6) is 0 Å². The Morgan fingerprint density at radius 2 is 1.14 bits per heavy atom. The fourth-order valence-corrected chi connectivity index (χ4v) is 4.87. The largest absolute Gasteiger partial charge is 0.456 e. The van der Waals surface area contributed by atoms with Gasteiger partial charge in [0.1, 0.15) is 17.0 Å². The van der Waals surface area contributed by atoms with Crippen LogP contribution >= 0.6 is 0 Å². The molecule has 0 radical (unpaired) electrons. The van der Waals surface area contributed by atoms with Crippen LogP contribution in [0.3, 0.4) is 0 Å². The monoisotopic (exact) mass is 465 g/mol. The minimum absolute atomic E-state index is 0.223. The molecule has 0 spiro atoms. The van der Waals surface area contributed by atoms with E-state index >= 15 is 0 Å². The molecule has 0 N–H and O–H groups in total. The summed E-state index contributed by atoms with van der Waals surface area (Å²) in [4.78, 5) is 4.78. The maximum absolute atomic E-state index is 13.3. The summed E-state index contributed by atoms with van der Waals surface area (Å²) >= 11 is 0. The zero-order valence-electron chi connectivity index (χ0n) is 19.3. The smallest absolute Gasteiger partial charge is 0.135 e. The lowest BCUT2D eigenvalue weighted by Crippen LogP contribution is -1.86. The van der Waals surface area contributed by atoms with E-state index in [1.54, 1.807) is 0 Å². The number of hydrogen-bond donors (Lipinski definition) is 0. The van der Waals surface area contributed by atoms with Gasteiger partial charge >= 0.3 is 0 Å². The van der Waals surface area contributed by atoms with E-state index in [1.807, 2.05) is 42.6 Å². The summed E-state index contributed by atoms with van der Waals surface area (Å²) in [5.74, 6) is -0.223. The molecule has 7 rings (SSSR count). The maximum atomic E-state index is 13.3. The van der Waals surface area contributed by atoms with Crippen molar-refractivity contribution < 1.29 is 8.81 Å². The van der Waals surface area contributed by atoms with Gasteiger partial charge in [-0.05, 0) is 82.1 Å². The molecule has 0 aliphatic heterocycles. The van der Waals surface area contributed by atoms with Crippen molar-refractivity contribution in [3.05, 3.63) is 127 Å². The van der Waals surface area contributed by atoms with Gasteiger partial charge in [-0.3, -0.25) is 4.98 Å². The Hall–Kier alpha value is -4.76. The third-order valence-electron chi connectivity index (χ3n) is 6.79. The second kappa shape index (κ2) is 8.17. The van der Waals surface area contributed by atoms with Gasteiger partial charge in [0.15, 0.2) is 0 Å². The van der Waals surface area contributed by atoms with Gasteiger partial charge in [-0.15, -0.1) is 0 Å². The first-order valence-corrected chi connectivity index (χ1v) is 11.9. The van der Waals surface area contributed by atoms with Gasteiger partial charge in [0.25, 0.3) is 0 Å². The minimum Gasteiger partial charge on any atom is -0.456 e. The SMILES string of the molecule is Fc1ccc(-c2ccc3cc(-c4ccc(-c5ccc6oc7ccccc7c6c5)nc4)ccc3c2)cc1. The fourth-order valence-electron chi connectivity index (χ4n) is 4.87. The number of nitrogens with zero attached hydrogens (tertiary/aromatic N) is 1. The standard InChI is InChI=1S/C33H20FNO/c34-28-13-9-21(10-14-28)22-5-6-24-18-25(8-7-23(24)17-22)27-11-15-31(35-20-27)26-12-16-33-30(19-26)29-3-1-2-4-32(29)36-33/h1-20H. The highest BCUT2D eigenvalue weighted by molar-refractivity contribution is 6.06. The highest BCUT2D eigenvalue weighted by atomic mass is 19.1. The summed E-state index contributed by atoms with van der Waals surface area (Å²) in [5, 5.41) is 4.51. The second-order valence-corrected chi connectivity index (χ2v) is 9.02. The molecule has 0 atom stereocenters. The van der Waals surface area contributed by atoms with E-state index in [9.17, 15) is 4.39 Å². The van der Waals surface area contributed by atoms with E-state index in [0.29, 0.717) is 0 Å². The molecule has 5 aromatic carbocycles. The van der Waals surface area contributed by atoms with Crippen LogP contribution in [-0.2, 0) is 0 Å². The van der Waals surface area contributed by atoms with Crippen molar-refractivity contribution in [3.63, 3.8) is 0 Å². The zero-order chi connectivity index (χ0) is 24.1. The van der Waals surface area contributed by atoms with Gasteiger partial charge in [0.05, 0.1) is 5.69 Å². The molecule has 0 aliphatic rings. The van der Waals surface area contributed by atoms with Gasteiger partial charge in [0, 0.05) is 28.1 Å². The molecule has 0 amide bonds. The van der Waals surface area contributed by atoms with Crippen LogP contribution in [0.1, 0.15) is 0 Å². The summed E-state index contributed by atoms with van der Waals surface area (Å²) in [6.07, 6.45) is 1.93. The van der Waals surface area contributed by atoms with Crippen molar-refractivity contribution in [1.82, 2.24) is 4.98 Å². The lowest BCUT2D eigenvalue weighted by molar-refractivity contribution is 0.628. The molecule has 0 unspecified atom stereocenters. The predicted molar refractivity (Wildman–Crippen MR) is 145 cm³/mol. The molecule has 36 heavy (non-hydrogen) atoms. The molecule has 0 fully saturated rings. The maximum Gasteiger partial charge on any atom is 0.135 e. The normalized spacial score (nSPS) is 11.5. The van der Waals surface area contributed by atoms with E-state index in [1.165, 1.54) is 12.1 Å². The summed E-state index contributed by atoms with van der Waals surface area (Å²) < 4.78 is 19.2. The third-order valence-corrected chi connectivity index (χ3v) is 6.79. The summed E-state index contributed by atoms with van der Waals surface area (Å²) in [6, 6.07) is 37.9. The Morgan fingerprint density at radius 1 is 0.500 bits per heavy atom. The molecule has 0 bridgehead atoms. The molecule has 0 saturated heterocycles. The molecule has 0 saturated carbocycles. The number of benzene rings is 5.